The van der Waals surface area contributed by atoms with Crippen molar-refractivity contribution in [2.75, 3.05) is 7.11 Å². The van der Waals surface area contributed by atoms with E-state index in [9.17, 15) is 19.8 Å². The number of hydrogen-bond donors (Lipinski definition) is 2. The predicted octanol–water partition coefficient (Wildman–Crippen LogP) is 3.95. The van der Waals surface area contributed by atoms with Crippen LogP contribution in [0.15, 0.2) is 12.2 Å². The molecule has 0 heterocycles. The first kappa shape index (κ1) is 23.8. The molecule has 0 unspecified atom stereocenters. The molecule has 0 aromatic heterocycles. The summed E-state index contributed by atoms with van der Waals surface area (Å²) in [6.45, 7) is 3.95. The number of carbonyl (C=O) groups excluding carboxylic acids is 2. The van der Waals surface area contributed by atoms with Gasteiger partial charge in [-0.15, -0.1) is 0 Å². The molecule has 0 aromatic carbocycles. The number of ketones is 1. The first-order chi connectivity index (χ1) is 12.8. The molecule has 0 amide bonds. The fraction of sp³-hybridized carbons (Fsp3) is 0.818. The average Bonchev–Trinajstić information content (AvgIpc) is 2.89. The summed E-state index contributed by atoms with van der Waals surface area (Å²) in [7, 11) is 1.40. The van der Waals surface area contributed by atoms with Crippen molar-refractivity contribution in [3.8, 4) is 0 Å². The van der Waals surface area contributed by atoms with Crippen LogP contribution in [-0.2, 0) is 14.3 Å². The van der Waals surface area contributed by atoms with E-state index in [-0.39, 0.29) is 30.0 Å². The lowest BCUT2D eigenvalue weighted by Gasteiger charge is -2.22. The van der Waals surface area contributed by atoms with Gasteiger partial charge in [-0.05, 0) is 32.6 Å². The van der Waals surface area contributed by atoms with Gasteiger partial charge in [-0.3, -0.25) is 9.59 Å². The topological polar surface area (TPSA) is 83.8 Å². The normalized spacial score (nSPS) is 25.1. The number of unbranched alkanes of at least 4 members (excludes halogenated alkanes) is 4. The van der Waals surface area contributed by atoms with Crippen LogP contribution >= 0.6 is 0 Å². The van der Waals surface area contributed by atoms with Crippen LogP contribution in [0.25, 0.3) is 0 Å². The standard InChI is InChI=1S/C22H38O5/c1-4-5-14-22(2,26)15-10-12-18-17(19(23)16-20(18)24)11-8-6-7-9-13-21(25)27-3/h10,12,17-18,20,24,26H,4-9,11,13-16H2,1-3H3/b12-10+/t17-,18+,20-,22-/m1/s1. The molecule has 2 N–H and O–H groups in total. The second-order valence-corrected chi connectivity index (χ2v) is 8.18. The highest BCUT2D eigenvalue weighted by Crippen LogP contribution is 2.34. The van der Waals surface area contributed by atoms with Crippen LogP contribution in [0.4, 0.5) is 0 Å². The molecule has 1 saturated carbocycles. The average molecular weight is 383 g/mol. The minimum atomic E-state index is -0.727. The van der Waals surface area contributed by atoms with Crippen molar-refractivity contribution in [3.05, 3.63) is 12.2 Å². The van der Waals surface area contributed by atoms with E-state index in [0.717, 1.165) is 51.4 Å². The van der Waals surface area contributed by atoms with Gasteiger partial charge >= 0.3 is 5.97 Å². The molecule has 1 rings (SSSR count). The number of hydrogen-bond acceptors (Lipinski definition) is 5. The van der Waals surface area contributed by atoms with Crippen LogP contribution in [0, 0.1) is 11.8 Å². The molecule has 4 atom stereocenters. The molecule has 5 nitrogen and oxygen atoms in total. The van der Waals surface area contributed by atoms with E-state index in [0.29, 0.717) is 12.8 Å². The number of esters is 1. The number of ether oxygens (including phenoxy) is 1. The fourth-order valence-electron chi connectivity index (χ4n) is 3.82. The van der Waals surface area contributed by atoms with E-state index < -0.39 is 11.7 Å². The Kier molecular flexibility index (Phi) is 10.9. The minimum absolute atomic E-state index is 0.127. The lowest BCUT2D eigenvalue weighted by Crippen LogP contribution is -2.23. The Balaban J connectivity index is 2.42. The number of aliphatic hydroxyl groups is 2. The quantitative estimate of drug-likeness (QED) is 0.286. The van der Waals surface area contributed by atoms with Gasteiger partial charge < -0.3 is 14.9 Å². The summed E-state index contributed by atoms with van der Waals surface area (Å²) >= 11 is 0. The molecule has 0 radical (unpaired) electrons. The van der Waals surface area contributed by atoms with Gasteiger partial charge in [0, 0.05) is 24.7 Å². The monoisotopic (exact) mass is 382 g/mol. The van der Waals surface area contributed by atoms with Gasteiger partial charge in [-0.25, -0.2) is 0 Å². The zero-order chi connectivity index (χ0) is 20.3. The number of Topliss-reactive ketones (excluding diaryl/α,β-unsaturated/α-hetero) is 1. The third kappa shape index (κ3) is 9.02. The van der Waals surface area contributed by atoms with E-state index >= 15 is 0 Å². The van der Waals surface area contributed by atoms with Crippen molar-refractivity contribution < 1.29 is 24.5 Å². The Bertz CT molecular complexity index is 483. The maximum Gasteiger partial charge on any atom is 0.305 e. The van der Waals surface area contributed by atoms with Gasteiger partial charge in [0.2, 0.25) is 0 Å². The first-order valence-electron chi connectivity index (χ1n) is 10.5. The van der Waals surface area contributed by atoms with E-state index in [4.69, 9.17) is 0 Å². The molecular formula is C22H38O5. The summed E-state index contributed by atoms with van der Waals surface area (Å²) in [4.78, 5) is 23.3. The highest BCUT2D eigenvalue weighted by Gasteiger charge is 2.39. The number of aliphatic hydroxyl groups excluding tert-OH is 1. The number of rotatable bonds is 13. The smallest absolute Gasteiger partial charge is 0.305 e. The van der Waals surface area contributed by atoms with Crippen molar-refractivity contribution in [1.82, 2.24) is 0 Å². The second-order valence-electron chi connectivity index (χ2n) is 8.18. The molecule has 0 saturated heterocycles. The van der Waals surface area contributed by atoms with E-state index in [2.05, 4.69) is 11.7 Å². The van der Waals surface area contributed by atoms with Gasteiger partial charge in [0.15, 0.2) is 0 Å². The molecule has 0 spiro atoms. The molecule has 27 heavy (non-hydrogen) atoms. The third-order valence-electron chi connectivity index (χ3n) is 5.59. The maximum absolute atomic E-state index is 12.2. The Morgan fingerprint density at radius 3 is 2.63 bits per heavy atom. The zero-order valence-corrected chi connectivity index (χ0v) is 17.3. The summed E-state index contributed by atoms with van der Waals surface area (Å²) < 4.78 is 4.62. The Labute approximate surface area is 164 Å². The van der Waals surface area contributed by atoms with Gasteiger partial charge in [0.05, 0.1) is 18.8 Å². The molecule has 1 aliphatic carbocycles. The van der Waals surface area contributed by atoms with Crippen LogP contribution in [0.5, 0.6) is 0 Å². The van der Waals surface area contributed by atoms with Gasteiger partial charge in [0.1, 0.15) is 5.78 Å². The summed E-state index contributed by atoms with van der Waals surface area (Å²) in [5, 5.41) is 20.6. The summed E-state index contributed by atoms with van der Waals surface area (Å²) in [5.41, 5.74) is -0.727. The SMILES string of the molecule is CCCC[C@@](C)(O)C/C=C/[C@@H]1[C@H](O)CC(=O)[C@@H]1CCCCCCC(=O)OC. The fourth-order valence-corrected chi connectivity index (χ4v) is 3.82. The third-order valence-corrected chi connectivity index (χ3v) is 5.59. The van der Waals surface area contributed by atoms with Crippen molar-refractivity contribution in [2.45, 2.75) is 96.2 Å². The second kappa shape index (κ2) is 12.3. The highest BCUT2D eigenvalue weighted by molar-refractivity contribution is 5.84. The Morgan fingerprint density at radius 1 is 1.26 bits per heavy atom. The van der Waals surface area contributed by atoms with Crippen LogP contribution in [-0.4, -0.2) is 40.8 Å². The van der Waals surface area contributed by atoms with Crippen LogP contribution in [0.3, 0.4) is 0 Å². The van der Waals surface area contributed by atoms with Crippen molar-refractivity contribution in [3.63, 3.8) is 0 Å². The minimum Gasteiger partial charge on any atom is -0.469 e. The van der Waals surface area contributed by atoms with Crippen molar-refractivity contribution >= 4 is 11.8 Å². The molecule has 1 fully saturated rings. The molecule has 1 aliphatic rings. The highest BCUT2D eigenvalue weighted by atomic mass is 16.5. The van der Waals surface area contributed by atoms with Crippen LogP contribution < -0.4 is 0 Å². The zero-order valence-electron chi connectivity index (χ0n) is 17.3. The summed E-state index contributed by atoms with van der Waals surface area (Å²) in [5.74, 6) is -0.305. The molecule has 0 aliphatic heterocycles. The van der Waals surface area contributed by atoms with Gasteiger partial charge in [-0.2, -0.15) is 0 Å². The summed E-state index contributed by atoms with van der Waals surface area (Å²) in [6.07, 6.45) is 11.7. The summed E-state index contributed by atoms with van der Waals surface area (Å²) in [6, 6.07) is 0. The Hall–Kier alpha value is -1.20. The largest absolute Gasteiger partial charge is 0.469 e. The molecule has 5 heteroatoms. The predicted molar refractivity (Wildman–Crippen MR) is 106 cm³/mol. The molecule has 156 valence electrons. The van der Waals surface area contributed by atoms with Crippen LogP contribution in [0.2, 0.25) is 0 Å². The maximum atomic E-state index is 12.2. The number of carbonyl (C=O) groups is 2. The van der Waals surface area contributed by atoms with Crippen molar-refractivity contribution in [1.29, 1.82) is 0 Å². The van der Waals surface area contributed by atoms with Gasteiger partial charge in [0.25, 0.3) is 0 Å². The lowest BCUT2D eigenvalue weighted by molar-refractivity contribution is -0.140. The molecule has 0 bridgehead atoms. The van der Waals surface area contributed by atoms with E-state index in [1.807, 2.05) is 19.1 Å². The van der Waals surface area contributed by atoms with E-state index in [1.54, 1.807) is 0 Å². The Morgan fingerprint density at radius 2 is 1.96 bits per heavy atom. The van der Waals surface area contributed by atoms with Crippen LogP contribution in [0.1, 0.15) is 84.5 Å². The van der Waals surface area contributed by atoms with Crippen molar-refractivity contribution in [2.24, 2.45) is 11.8 Å². The molecular weight excluding hydrogens is 344 g/mol. The molecule has 0 aromatic rings. The lowest BCUT2D eigenvalue weighted by atomic mass is 9.87. The van der Waals surface area contributed by atoms with Gasteiger partial charge in [-0.1, -0.05) is 51.2 Å². The van der Waals surface area contributed by atoms with E-state index in [1.165, 1.54) is 7.11 Å². The first-order valence-corrected chi connectivity index (χ1v) is 10.5. The number of methoxy groups -OCH3 is 1.